The van der Waals surface area contributed by atoms with E-state index in [1.54, 1.807) is 24.3 Å². The number of sulfonamides is 1. The molecule has 1 aromatic rings. The molecular weight excluding hydrogens is 336 g/mol. The fourth-order valence-electron chi connectivity index (χ4n) is 1.45. The Bertz CT molecular complexity index is 547. The number of halogens is 1. The van der Waals surface area contributed by atoms with E-state index < -0.39 is 16.1 Å². The van der Waals surface area contributed by atoms with E-state index in [-0.39, 0.29) is 13.1 Å². The molecule has 0 aliphatic carbocycles. The van der Waals surface area contributed by atoms with E-state index in [0.29, 0.717) is 5.69 Å². The highest BCUT2D eigenvalue weighted by molar-refractivity contribution is 9.10. The average Bonchev–Trinajstić information content (AvgIpc) is 2.32. The molecule has 1 N–H and O–H groups in total. The Kier molecular flexibility index (Phi) is 5.61. The van der Waals surface area contributed by atoms with Gasteiger partial charge in [0.15, 0.2) is 0 Å². The van der Waals surface area contributed by atoms with E-state index >= 15 is 0 Å². The highest BCUT2D eigenvalue weighted by atomic mass is 79.9. The molecule has 0 saturated heterocycles. The van der Waals surface area contributed by atoms with Crippen LogP contribution in [-0.4, -0.2) is 41.0 Å². The highest BCUT2D eigenvalue weighted by Gasteiger charge is 2.17. The van der Waals surface area contributed by atoms with Crippen LogP contribution < -0.4 is 9.62 Å². The van der Waals surface area contributed by atoms with Crippen molar-refractivity contribution in [2.24, 2.45) is 0 Å². The SMILES string of the molecule is COC(=O)NCCN(c1cccc(Br)c1)S(C)(=O)=O. The lowest BCUT2D eigenvalue weighted by molar-refractivity contribution is 0.171. The number of carbonyl (C=O) groups excluding carboxylic acids is 1. The standard InChI is InChI=1S/C11H15BrN2O4S/c1-18-11(15)13-6-7-14(19(2,16)17)10-5-3-4-9(12)8-10/h3-5,8H,6-7H2,1-2H3,(H,13,15). The third-order valence-corrected chi connectivity index (χ3v) is 3.95. The monoisotopic (exact) mass is 350 g/mol. The predicted octanol–water partition coefficient (Wildman–Crippen LogP) is 1.57. The third kappa shape index (κ3) is 5.07. The van der Waals surface area contributed by atoms with Gasteiger partial charge in [0, 0.05) is 11.0 Å². The number of carbonyl (C=O) groups is 1. The van der Waals surface area contributed by atoms with Crippen LogP contribution in [0, 0.1) is 0 Å². The number of nitrogens with zero attached hydrogens (tertiary/aromatic N) is 1. The number of ether oxygens (including phenoxy) is 1. The lowest BCUT2D eigenvalue weighted by Gasteiger charge is -2.22. The molecule has 0 aliphatic heterocycles. The van der Waals surface area contributed by atoms with Crippen molar-refractivity contribution < 1.29 is 17.9 Å². The van der Waals surface area contributed by atoms with Gasteiger partial charge >= 0.3 is 6.09 Å². The molecule has 6 nitrogen and oxygen atoms in total. The lowest BCUT2D eigenvalue weighted by atomic mass is 10.3. The Morgan fingerprint density at radius 1 is 1.47 bits per heavy atom. The number of anilines is 1. The van der Waals surface area contributed by atoms with E-state index in [9.17, 15) is 13.2 Å². The van der Waals surface area contributed by atoms with Gasteiger partial charge in [-0.25, -0.2) is 13.2 Å². The minimum atomic E-state index is -3.42. The van der Waals surface area contributed by atoms with Gasteiger partial charge in [-0.1, -0.05) is 22.0 Å². The van der Waals surface area contributed by atoms with Crippen molar-refractivity contribution in [3.63, 3.8) is 0 Å². The summed E-state index contributed by atoms with van der Waals surface area (Å²) in [6, 6.07) is 6.92. The molecule has 0 aliphatic rings. The summed E-state index contributed by atoms with van der Waals surface area (Å²) < 4.78 is 29.9. The minimum absolute atomic E-state index is 0.129. The summed E-state index contributed by atoms with van der Waals surface area (Å²) in [5, 5.41) is 2.44. The molecule has 0 unspecified atom stereocenters. The normalized spacial score (nSPS) is 10.9. The van der Waals surface area contributed by atoms with E-state index in [1.807, 2.05) is 0 Å². The van der Waals surface area contributed by atoms with Crippen LogP contribution in [0.4, 0.5) is 10.5 Å². The molecule has 19 heavy (non-hydrogen) atoms. The number of amides is 1. The molecule has 0 saturated carbocycles. The molecule has 1 aromatic carbocycles. The molecule has 0 fully saturated rings. The number of methoxy groups -OCH3 is 1. The second kappa shape index (κ2) is 6.76. The van der Waals surface area contributed by atoms with Crippen molar-refractivity contribution in [2.45, 2.75) is 0 Å². The van der Waals surface area contributed by atoms with Crippen LogP contribution in [-0.2, 0) is 14.8 Å². The van der Waals surface area contributed by atoms with Crippen molar-refractivity contribution in [3.05, 3.63) is 28.7 Å². The fraction of sp³-hybridized carbons (Fsp3) is 0.364. The first-order chi connectivity index (χ1) is 8.84. The van der Waals surface area contributed by atoms with Gasteiger partial charge in [0.1, 0.15) is 0 Å². The van der Waals surface area contributed by atoms with Crippen LogP contribution in [0.1, 0.15) is 0 Å². The van der Waals surface area contributed by atoms with Crippen molar-refractivity contribution in [1.29, 1.82) is 0 Å². The summed E-state index contributed by atoms with van der Waals surface area (Å²) in [5.41, 5.74) is 0.531. The number of hydrogen-bond donors (Lipinski definition) is 1. The van der Waals surface area contributed by atoms with Crippen LogP contribution >= 0.6 is 15.9 Å². The Balaban J connectivity index is 2.83. The molecule has 0 atom stereocenters. The van der Waals surface area contributed by atoms with Crippen LogP contribution in [0.5, 0.6) is 0 Å². The molecular formula is C11H15BrN2O4S. The van der Waals surface area contributed by atoms with Crippen LogP contribution in [0.2, 0.25) is 0 Å². The summed E-state index contributed by atoms with van der Waals surface area (Å²) in [7, 11) is -2.17. The zero-order valence-corrected chi connectivity index (χ0v) is 13.0. The quantitative estimate of drug-likeness (QED) is 0.874. The van der Waals surface area contributed by atoms with Gasteiger partial charge in [-0.05, 0) is 18.2 Å². The van der Waals surface area contributed by atoms with Crippen molar-refractivity contribution in [1.82, 2.24) is 5.32 Å². The Hall–Kier alpha value is -1.28. The van der Waals surface area contributed by atoms with Crippen LogP contribution in [0.15, 0.2) is 28.7 Å². The number of nitrogens with one attached hydrogen (secondary N) is 1. The Labute approximate surface area is 120 Å². The zero-order valence-electron chi connectivity index (χ0n) is 10.6. The summed E-state index contributed by atoms with van der Waals surface area (Å²) in [6.07, 6.45) is 0.522. The second-order valence-corrected chi connectivity index (χ2v) is 6.56. The second-order valence-electron chi connectivity index (χ2n) is 3.73. The first-order valence-electron chi connectivity index (χ1n) is 5.39. The average molecular weight is 351 g/mol. The zero-order chi connectivity index (χ0) is 14.5. The largest absolute Gasteiger partial charge is 0.453 e. The summed E-state index contributed by atoms with van der Waals surface area (Å²) >= 11 is 3.29. The van der Waals surface area contributed by atoms with E-state index in [0.717, 1.165) is 10.7 Å². The molecule has 8 heteroatoms. The maximum absolute atomic E-state index is 11.8. The third-order valence-electron chi connectivity index (χ3n) is 2.27. The van der Waals surface area contributed by atoms with Gasteiger partial charge in [0.25, 0.3) is 0 Å². The number of benzene rings is 1. The van der Waals surface area contributed by atoms with Crippen molar-refractivity contribution in [3.8, 4) is 0 Å². The first kappa shape index (κ1) is 15.8. The lowest BCUT2D eigenvalue weighted by Crippen LogP contribution is -2.38. The van der Waals surface area contributed by atoms with Gasteiger partial charge in [0.2, 0.25) is 10.0 Å². The summed E-state index contributed by atoms with van der Waals surface area (Å²) in [4.78, 5) is 10.9. The fourth-order valence-corrected chi connectivity index (χ4v) is 2.76. The molecule has 0 heterocycles. The minimum Gasteiger partial charge on any atom is -0.453 e. The number of hydrogen-bond acceptors (Lipinski definition) is 4. The van der Waals surface area contributed by atoms with E-state index in [1.165, 1.54) is 11.4 Å². The van der Waals surface area contributed by atoms with E-state index in [2.05, 4.69) is 26.0 Å². The van der Waals surface area contributed by atoms with Crippen LogP contribution in [0.3, 0.4) is 0 Å². The predicted molar refractivity (Wildman–Crippen MR) is 76.7 cm³/mol. The summed E-state index contributed by atoms with van der Waals surface area (Å²) in [5.74, 6) is 0. The molecule has 1 rings (SSSR count). The highest BCUT2D eigenvalue weighted by Crippen LogP contribution is 2.21. The van der Waals surface area contributed by atoms with Gasteiger partial charge in [-0.15, -0.1) is 0 Å². The van der Waals surface area contributed by atoms with Crippen molar-refractivity contribution in [2.75, 3.05) is 30.8 Å². The van der Waals surface area contributed by atoms with Gasteiger partial charge in [-0.2, -0.15) is 0 Å². The Morgan fingerprint density at radius 3 is 2.68 bits per heavy atom. The summed E-state index contributed by atoms with van der Waals surface area (Å²) in [6.45, 7) is 0.288. The number of alkyl carbamates (subject to hydrolysis) is 1. The van der Waals surface area contributed by atoms with Gasteiger partial charge in [-0.3, -0.25) is 4.31 Å². The maximum Gasteiger partial charge on any atom is 0.406 e. The Morgan fingerprint density at radius 2 is 2.16 bits per heavy atom. The molecule has 0 bridgehead atoms. The van der Waals surface area contributed by atoms with Gasteiger partial charge in [0.05, 0.1) is 25.6 Å². The van der Waals surface area contributed by atoms with Gasteiger partial charge < -0.3 is 10.1 Å². The molecule has 0 radical (unpaired) electrons. The molecule has 1 amide bonds. The topological polar surface area (TPSA) is 75.7 Å². The smallest absolute Gasteiger partial charge is 0.406 e. The van der Waals surface area contributed by atoms with Crippen LogP contribution in [0.25, 0.3) is 0 Å². The number of rotatable bonds is 5. The molecule has 106 valence electrons. The molecule has 0 aromatic heterocycles. The first-order valence-corrected chi connectivity index (χ1v) is 8.04. The molecule has 0 spiro atoms. The van der Waals surface area contributed by atoms with Crippen molar-refractivity contribution >= 4 is 37.7 Å². The maximum atomic E-state index is 11.8. The van der Waals surface area contributed by atoms with E-state index in [4.69, 9.17) is 0 Å².